The summed E-state index contributed by atoms with van der Waals surface area (Å²) in [5, 5.41) is 55.6. The maximum atomic E-state index is 9.37. The standard InChI is InChI=1S/4C2H6N2O.4C2H5NO2.2C2H6.7CNO.2CH5N.2CH4.CH3.8Y/c4*1-4-2(3)5;4*1-5-2(3)4;2*1-2;7*2-1-3;2*1-2;;;;;;;;;;;/h4*1H3,(H3,3,4,5);4*1H3,(H2,3,4);2*1-2H3;;;;;;;;2*2H2,1H3;2*1H4;1H3;;;;;;;;/q;;;;;;;;;;7*-1;;;;;-1;;;;;;;;/p-8. The van der Waals surface area contributed by atoms with Crippen LogP contribution in [0.1, 0.15) is 42.5 Å². The molecule has 0 aliphatic rings. The summed E-state index contributed by atoms with van der Waals surface area (Å²) in [4.78, 5) is 132. The van der Waals surface area contributed by atoms with Crippen molar-refractivity contribution >= 4 is 91.1 Å². The second-order valence-corrected chi connectivity index (χ2v) is 4.92. The van der Waals surface area contributed by atoms with Crippen LogP contribution in [0, 0.1) is 7.43 Å². The number of urea groups is 4. The predicted octanol–water partition coefficient (Wildman–Crippen LogP) is 6.88. The molecule has 0 aliphatic heterocycles. The molecule has 80 heavy (non-hydrogen) atoms. The van der Waals surface area contributed by atoms with Crippen LogP contribution in [-0.2, 0) is 314 Å². The third-order valence-electron chi connectivity index (χ3n) is 1.65. The SMILES string of the molecule is C.C.CC.CC.CN.CN.CNC([NH-])=O.CNC([NH-])=O.CNC([NH-])=O.CNC([NH-])=O.COC([NH-])=O.COC([NH-])=O.COC([NH-])=O.COC([NH-])=O.[CH3-].[N-]=C=O.[N-]=C=O.[N-]=C=O.[N-]=C=O.[N-]=C=O.[N-]=C=O.[N-]=C=O.[Y].[Y].[Y].[Y].[Y].[Y].[Y].[Y]. The Labute approximate surface area is 670 Å². The van der Waals surface area contributed by atoms with E-state index < -0.39 is 48.5 Å². The Kier molecular flexibility index (Phi) is 807. The number of hydrogen-bond donors (Lipinski definition) is 6. The van der Waals surface area contributed by atoms with Gasteiger partial charge in [0.25, 0.3) is 0 Å². The minimum Gasteiger partial charge on any atom is -0.724 e. The summed E-state index contributed by atoms with van der Waals surface area (Å²) in [5.74, 6) is 0. The van der Waals surface area contributed by atoms with Gasteiger partial charge in [-0.25, -0.2) is 0 Å². The number of nitrogens with zero attached hydrogens (tertiary/aromatic N) is 7. The van der Waals surface area contributed by atoms with Crippen LogP contribution in [0.3, 0.4) is 0 Å². The van der Waals surface area contributed by atoms with Crippen LogP contribution in [-0.4, -0.2) is 162 Å². The number of rotatable bonds is 0. The molecule has 0 aromatic heterocycles. The van der Waals surface area contributed by atoms with Gasteiger partial charge in [0.2, 0.25) is 24.4 Å². The van der Waals surface area contributed by atoms with Crippen molar-refractivity contribution < 1.29 is 353 Å². The molecular formula is C32H69N21O19Y8-16. The minimum absolute atomic E-state index is 0. The third-order valence-corrected chi connectivity index (χ3v) is 1.65. The first kappa shape index (κ1) is 200. The summed E-state index contributed by atoms with van der Waals surface area (Å²) in [6, 6.07) is -2.98. The molecule has 0 unspecified atom stereocenters. The molecule has 48 heteroatoms. The van der Waals surface area contributed by atoms with Crippen LogP contribution in [0.25, 0.3) is 83.7 Å². The Morgan fingerprint density at radius 1 is 0.312 bits per heavy atom. The van der Waals surface area contributed by atoms with Gasteiger partial charge in [-0.3, -0.25) is 71.9 Å². The second kappa shape index (κ2) is 322. The van der Waals surface area contributed by atoms with Crippen LogP contribution < -0.4 is 32.7 Å². The van der Waals surface area contributed by atoms with Gasteiger partial charge in [-0.1, -0.05) is 70.7 Å². The molecule has 16 N–H and O–H groups in total. The van der Waals surface area contributed by atoms with E-state index in [-0.39, 0.29) is 284 Å². The van der Waals surface area contributed by atoms with Crippen LogP contribution in [0.2, 0.25) is 0 Å². The molecule has 0 bridgehead atoms. The molecule has 12 amide bonds. The van der Waals surface area contributed by atoms with Gasteiger partial charge in [-0.05, 0) is 56.7 Å². The van der Waals surface area contributed by atoms with Crippen LogP contribution in [0.15, 0.2) is 0 Å². The number of ether oxygens (including phenoxy) is 4. The predicted molar refractivity (Wildman–Crippen MR) is 268 cm³/mol. The van der Waals surface area contributed by atoms with Gasteiger partial charge in [-0.15, -0.1) is 0 Å². The van der Waals surface area contributed by atoms with Crippen molar-refractivity contribution in [2.75, 3.05) is 70.7 Å². The van der Waals surface area contributed by atoms with Gasteiger partial charge >= 0.3 is 0 Å². The molecule has 8 radical (unpaired) electrons. The van der Waals surface area contributed by atoms with Crippen molar-refractivity contribution in [3.63, 3.8) is 0 Å². The molecule has 0 fully saturated rings. The summed E-state index contributed by atoms with van der Waals surface area (Å²) in [7, 11) is 13.3. The summed E-state index contributed by atoms with van der Waals surface area (Å²) >= 11 is 0. The molecule has 0 aliphatic carbocycles. The summed E-state index contributed by atoms with van der Waals surface area (Å²) in [5.41, 5.74) is 57.2. The maximum absolute atomic E-state index is 9.37. The molecule has 0 aromatic rings. The Hall–Kier alpha value is -1.43. The Bertz CT molecular complexity index is 1060. The van der Waals surface area contributed by atoms with Crippen LogP contribution >= 0.6 is 0 Å². The van der Waals surface area contributed by atoms with Crippen LogP contribution in [0.5, 0.6) is 0 Å². The van der Waals surface area contributed by atoms with Gasteiger partial charge in [-0.2, -0.15) is 0 Å². The van der Waals surface area contributed by atoms with Crippen LogP contribution in [0.4, 0.5) is 38.4 Å². The third kappa shape index (κ3) is 2060. The normalized spacial score (nSPS) is 4.30. The van der Waals surface area contributed by atoms with Gasteiger partial charge in [0.15, 0.2) is 0 Å². The van der Waals surface area contributed by atoms with Gasteiger partial charge in [0.1, 0.15) is 24.1 Å². The first-order valence-corrected chi connectivity index (χ1v) is 15.2. The van der Waals surface area contributed by atoms with Crippen molar-refractivity contribution in [1.82, 2.24) is 21.3 Å². The summed E-state index contributed by atoms with van der Waals surface area (Å²) < 4.78 is 15.1. The zero-order valence-electron chi connectivity index (χ0n) is 45.2. The summed E-state index contributed by atoms with van der Waals surface area (Å²) in [6.45, 7) is 8.00. The topological polar surface area (TPSA) is 740 Å². The first-order chi connectivity index (χ1) is 32.1. The van der Waals surface area contributed by atoms with Crippen molar-refractivity contribution in [3.8, 4) is 0 Å². The zero-order chi connectivity index (χ0) is 61.2. The van der Waals surface area contributed by atoms with E-state index in [0.29, 0.717) is 42.6 Å². The monoisotopic (exact) mass is 1760 g/mol. The number of amides is 12. The molecule has 0 spiro atoms. The Morgan fingerprint density at radius 3 is 0.338 bits per heavy atom. The quantitative estimate of drug-likeness (QED) is 0.0623. The van der Waals surface area contributed by atoms with Gasteiger partial charge in [0, 0.05) is 262 Å². The van der Waals surface area contributed by atoms with E-state index in [9.17, 15) is 38.4 Å². The van der Waals surface area contributed by atoms with Crippen molar-refractivity contribution in [2.45, 2.75) is 42.5 Å². The number of carbonyl (C=O) groups excluding carboxylic acids is 15. The molecule has 40 nitrogen and oxygen atoms in total. The van der Waals surface area contributed by atoms with E-state index in [1.807, 2.05) is 27.7 Å². The van der Waals surface area contributed by atoms with Crippen molar-refractivity contribution in [3.05, 3.63) is 91.2 Å². The molecule has 0 rings (SSSR count). The molecule has 0 atom stereocenters. The van der Waals surface area contributed by atoms with E-state index in [4.69, 9.17) is 117 Å². The number of hydrogen-bond acceptors (Lipinski definition) is 21. The van der Waals surface area contributed by atoms with E-state index in [2.05, 4.69) is 51.7 Å². The van der Waals surface area contributed by atoms with E-state index >= 15 is 0 Å². The molecular weight excluding hydrogens is 1690 g/mol. The average Bonchev–Trinajstić information content (AvgIpc) is 3.32. The molecule has 0 saturated heterocycles. The maximum Gasteiger partial charge on any atom is 0.226 e. The molecule has 456 valence electrons. The van der Waals surface area contributed by atoms with Crippen molar-refractivity contribution in [2.24, 2.45) is 11.5 Å². The number of methoxy groups -OCH3 is 4. The first-order valence-electron chi connectivity index (χ1n) is 15.2. The number of nitrogens with one attached hydrogen (secondary N) is 12. The van der Waals surface area contributed by atoms with Gasteiger partial charge < -0.3 is 143 Å². The largest absolute Gasteiger partial charge is 0.724 e. The smallest absolute Gasteiger partial charge is 0.226 e. The van der Waals surface area contributed by atoms with Crippen molar-refractivity contribution in [1.29, 1.82) is 0 Å². The minimum atomic E-state index is -0.995. The van der Waals surface area contributed by atoms with Gasteiger partial charge in [0.05, 0.1) is 28.4 Å². The number of carbonyl (C=O) groups is 8. The fraction of sp³-hybridized carbons (Fsp3) is 0.500. The Morgan fingerprint density at radius 2 is 0.338 bits per heavy atom. The Balaban J connectivity index is -0.0000000118. The second-order valence-electron chi connectivity index (χ2n) is 4.92. The van der Waals surface area contributed by atoms with E-state index in [1.165, 1.54) is 42.3 Å². The summed E-state index contributed by atoms with van der Waals surface area (Å²) in [6.07, 6.45) is -0.481. The molecule has 0 saturated carbocycles. The molecule has 0 aromatic carbocycles. The fourth-order valence-electron chi connectivity index (χ4n) is 0. The number of isocyanates is 7. The molecule has 0 heterocycles. The average molecular weight is 1760 g/mol. The van der Waals surface area contributed by atoms with E-state index in [0.717, 1.165) is 28.4 Å². The number of nitrogens with two attached hydrogens (primary N) is 2. The van der Waals surface area contributed by atoms with E-state index in [1.54, 1.807) is 0 Å². The fourth-order valence-corrected chi connectivity index (χ4v) is 0. The zero-order valence-corrected chi connectivity index (χ0v) is 67.9.